The minimum atomic E-state index is -1.06. The van der Waals surface area contributed by atoms with Crippen LogP contribution in [0.25, 0.3) is 10.9 Å². The van der Waals surface area contributed by atoms with E-state index in [1.54, 1.807) is 24.4 Å². The molecule has 2 heterocycles. The van der Waals surface area contributed by atoms with Crippen LogP contribution >= 0.6 is 0 Å². The number of aromatic nitrogens is 1. The van der Waals surface area contributed by atoms with Crippen molar-refractivity contribution < 1.29 is 28.6 Å². The monoisotopic (exact) mass is 477 g/mol. The number of esters is 1. The number of hydrogen-bond donors (Lipinski definition) is 1. The van der Waals surface area contributed by atoms with Gasteiger partial charge in [0.15, 0.2) is 6.61 Å². The van der Waals surface area contributed by atoms with Gasteiger partial charge in [0.25, 0.3) is 0 Å². The zero-order chi connectivity index (χ0) is 24.9. The van der Waals surface area contributed by atoms with E-state index in [0.29, 0.717) is 17.5 Å². The smallest absolute Gasteiger partial charge is 0.329 e. The van der Waals surface area contributed by atoms with Gasteiger partial charge in [-0.15, -0.1) is 0 Å². The number of hydrogen-bond acceptors (Lipinski definition) is 6. The van der Waals surface area contributed by atoms with E-state index in [1.165, 1.54) is 23.1 Å². The number of amides is 1. The third-order valence-corrected chi connectivity index (χ3v) is 6.07. The number of nitrogens with zero attached hydrogens (tertiary/aromatic N) is 3. The normalized spacial score (nSPS) is 17.3. The molecule has 0 spiro atoms. The minimum Gasteiger partial charge on any atom is -0.456 e. The molecule has 1 fully saturated rings. The van der Waals surface area contributed by atoms with Crippen molar-refractivity contribution in [1.29, 1.82) is 5.26 Å². The first-order chi connectivity index (χ1) is 16.9. The number of para-hydroxylation sites is 1. The number of aryl methyl sites for hydroxylation is 1. The summed E-state index contributed by atoms with van der Waals surface area (Å²) >= 11 is 0. The van der Waals surface area contributed by atoms with E-state index < -0.39 is 42.2 Å². The van der Waals surface area contributed by atoms with Gasteiger partial charge in [-0.25, -0.2) is 9.18 Å². The Labute approximate surface area is 201 Å². The summed E-state index contributed by atoms with van der Waals surface area (Å²) in [6.07, 6.45) is 0.711. The Morgan fingerprint density at radius 3 is 2.66 bits per heavy atom. The lowest BCUT2D eigenvalue weighted by Crippen LogP contribution is -2.42. The maximum Gasteiger partial charge on any atom is 0.329 e. The van der Waals surface area contributed by atoms with Crippen molar-refractivity contribution in [2.24, 2.45) is 0 Å². The SMILES string of the molecule is N#CCCn1cc(C(=O)COC(=O)C2CC(O)CN2C(=O)Cc2ccccc2F)c2ccccc21. The van der Waals surface area contributed by atoms with Crippen LogP contribution in [0.1, 0.15) is 28.8 Å². The molecular weight excluding hydrogens is 453 g/mol. The summed E-state index contributed by atoms with van der Waals surface area (Å²) in [5.41, 5.74) is 1.35. The van der Waals surface area contributed by atoms with Crippen molar-refractivity contribution in [3.8, 4) is 6.07 Å². The molecule has 180 valence electrons. The van der Waals surface area contributed by atoms with Crippen LogP contribution in [-0.2, 0) is 27.3 Å². The molecule has 4 rings (SSSR count). The Kier molecular flexibility index (Phi) is 7.22. The molecule has 2 atom stereocenters. The van der Waals surface area contributed by atoms with Crippen LogP contribution in [0.2, 0.25) is 0 Å². The quantitative estimate of drug-likeness (QED) is 0.394. The highest BCUT2D eigenvalue weighted by atomic mass is 19.1. The van der Waals surface area contributed by atoms with Gasteiger partial charge in [0.1, 0.15) is 11.9 Å². The minimum absolute atomic E-state index is 0.0243. The van der Waals surface area contributed by atoms with Crippen LogP contribution in [0, 0.1) is 17.1 Å². The van der Waals surface area contributed by atoms with Crippen molar-refractivity contribution in [3.63, 3.8) is 0 Å². The zero-order valence-corrected chi connectivity index (χ0v) is 18.9. The van der Waals surface area contributed by atoms with Crippen LogP contribution in [0.5, 0.6) is 0 Å². The molecule has 0 radical (unpaired) electrons. The average Bonchev–Trinajstić information content (AvgIpc) is 3.43. The van der Waals surface area contributed by atoms with E-state index in [4.69, 9.17) is 10.00 Å². The van der Waals surface area contributed by atoms with Crippen LogP contribution < -0.4 is 0 Å². The molecule has 2 aromatic carbocycles. The standard InChI is InChI=1S/C26H24FN3O5/c27-21-8-3-1-6-17(21)12-25(33)30-14-18(31)13-23(30)26(34)35-16-24(32)20-15-29(11-5-10-28)22-9-4-2-7-19(20)22/h1-4,6-9,15,18,23,31H,5,11-14,16H2. The second-order valence-electron chi connectivity index (χ2n) is 8.41. The van der Waals surface area contributed by atoms with Gasteiger partial charge in [0.2, 0.25) is 11.7 Å². The highest BCUT2D eigenvalue weighted by Gasteiger charge is 2.40. The summed E-state index contributed by atoms with van der Waals surface area (Å²) in [4.78, 5) is 39.6. The molecule has 8 nitrogen and oxygen atoms in total. The van der Waals surface area contributed by atoms with Gasteiger partial charge in [-0.05, 0) is 17.7 Å². The molecule has 1 aliphatic heterocycles. The number of likely N-dealkylation sites (tertiary alicyclic amines) is 1. The van der Waals surface area contributed by atoms with E-state index in [9.17, 15) is 23.9 Å². The summed E-state index contributed by atoms with van der Waals surface area (Å²) in [7, 11) is 0. The third kappa shape index (κ3) is 5.23. The predicted octanol–water partition coefficient (Wildman–Crippen LogP) is 2.62. The number of rotatable bonds is 8. The molecule has 0 bridgehead atoms. The number of carbonyl (C=O) groups is 3. The largest absolute Gasteiger partial charge is 0.456 e. The fraction of sp³-hybridized carbons (Fsp3) is 0.308. The maximum atomic E-state index is 14.0. The second-order valence-corrected chi connectivity index (χ2v) is 8.41. The molecule has 1 saturated heterocycles. The van der Waals surface area contributed by atoms with E-state index in [0.717, 1.165) is 5.52 Å². The van der Waals surface area contributed by atoms with Gasteiger partial charge in [-0.3, -0.25) is 9.59 Å². The fourth-order valence-corrected chi connectivity index (χ4v) is 4.35. The highest BCUT2D eigenvalue weighted by molar-refractivity contribution is 6.09. The van der Waals surface area contributed by atoms with Crippen molar-refractivity contribution in [2.45, 2.75) is 38.0 Å². The molecule has 0 aliphatic carbocycles. The number of aliphatic hydroxyl groups excluding tert-OH is 1. The van der Waals surface area contributed by atoms with Crippen LogP contribution in [0.4, 0.5) is 4.39 Å². The van der Waals surface area contributed by atoms with Crippen molar-refractivity contribution in [1.82, 2.24) is 9.47 Å². The van der Waals surface area contributed by atoms with Gasteiger partial charge in [-0.1, -0.05) is 36.4 Å². The van der Waals surface area contributed by atoms with Crippen molar-refractivity contribution >= 4 is 28.6 Å². The van der Waals surface area contributed by atoms with E-state index >= 15 is 0 Å². The van der Waals surface area contributed by atoms with Gasteiger partial charge < -0.3 is 19.3 Å². The molecule has 1 aromatic heterocycles. The van der Waals surface area contributed by atoms with E-state index in [-0.39, 0.29) is 31.4 Å². The number of Topliss-reactive ketones (excluding diaryl/α,β-unsaturated/α-hetero) is 1. The number of nitriles is 1. The lowest BCUT2D eigenvalue weighted by molar-refractivity contribution is -0.152. The molecule has 2 unspecified atom stereocenters. The first-order valence-electron chi connectivity index (χ1n) is 11.2. The van der Waals surface area contributed by atoms with Crippen LogP contribution in [-0.4, -0.2) is 57.5 Å². The third-order valence-electron chi connectivity index (χ3n) is 6.07. The number of benzene rings is 2. The average molecular weight is 477 g/mol. The molecule has 1 aliphatic rings. The Hall–Kier alpha value is -4.03. The number of fused-ring (bicyclic) bond motifs is 1. The topological polar surface area (TPSA) is 113 Å². The lowest BCUT2D eigenvalue weighted by atomic mass is 10.1. The van der Waals surface area contributed by atoms with Gasteiger partial charge >= 0.3 is 5.97 Å². The van der Waals surface area contributed by atoms with E-state index in [1.807, 2.05) is 16.7 Å². The maximum absolute atomic E-state index is 14.0. The molecule has 0 saturated carbocycles. The molecule has 9 heteroatoms. The fourth-order valence-electron chi connectivity index (χ4n) is 4.35. The summed E-state index contributed by atoms with van der Waals surface area (Å²) < 4.78 is 21.0. The summed E-state index contributed by atoms with van der Waals surface area (Å²) in [5.74, 6) is -2.27. The number of β-amino-alcohol motifs (C(OH)–C–C–N with tert-alkyl or cyclic N) is 1. The number of aliphatic hydroxyl groups is 1. The van der Waals surface area contributed by atoms with E-state index in [2.05, 4.69) is 6.07 Å². The number of halogens is 1. The Bertz CT molecular complexity index is 1310. The zero-order valence-electron chi connectivity index (χ0n) is 18.9. The molecule has 35 heavy (non-hydrogen) atoms. The second kappa shape index (κ2) is 10.5. The van der Waals surface area contributed by atoms with Crippen LogP contribution in [0.3, 0.4) is 0 Å². The lowest BCUT2D eigenvalue weighted by Gasteiger charge is -2.23. The molecular formula is C26H24FN3O5. The summed E-state index contributed by atoms with van der Waals surface area (Å²) in [5, 5.41) is 19.6. The van der Waals surface area contributed by atoms with Crippen molar-refractivity contribution in [3.05, 3.63) is 71.7 Å². The number of carbonyl (C=O) groups excluding carboxylic acids is 3. The Morgan fingerprint density at radius 2 is 1.89 bits per heavy atom. The Balaban J connectivity index is 1.44. The van der Waals surface area contributed by atoms with Crippen LogP contribution in [0.15, 0.2) is 54.7 Å². The van der Waals surface area contributed by atoms with Gasteiger partial charge in [0, 0.05) is 42.2 Å². The summed E-state index contributed by atoms with van der Waals surface area (Å²) in [6, 6.07) is 14.1. The number of ether oxygens (including phenoxy) is 1. The van der Waals surface area contributed by atoms with Gasteiger partial charge in [0.05, 0.1) is 25.0 Å². The number of ketones is 1. The first-order valence-corrected chi connectivity index (χ1v) is 11.2. The molecule has 1 amide bonds. The predicted molar refractivity (Wildman–Crippen MR) is 124 cm³/mol. The molecule has 3 aromatic rings. The molecule has 1 N–H and O–H groups in total. The first kappa shape index (κ1) is 24.1. The Morgan fingerprint density at radius 1 is 1.14 bits per heavy atom. The van der Waals surface area contributed by atoms with Gasteiger partial charge in [-0.2, -0.15) is 5.26 Å². The highest BCUT2D eigenvalue weighted by Crippen LogP contribution is 2.24. The van der Waals surface area contributed by atoms with Crippen molar-refractivity contribution in [2.75, 3.05) is 13.2 Å². The summed E-state index contributed by atoms with van der Waals surface area (Å²) in [6.45, 7) is -0.191.